The van der Waals surface area contributed by atoms with Gasteiger partial charge in [-0.1, -0.05) is 72.0 Å². The number of rotatable bonds is 3. The molecule has 3 aliphatic carbocycles. The molecule has 1 N–H and O–H groups in total. The van der Waals surface area contributed by atoms with E-state index in [1.807, 2.05) is 12.2 Å². The lowest BCUT2D eigenvalue weighted by Crippen LogP contribution is -2.11. The van der Waals surface area contributed by atoms with Crippen molar-refractivity contribution in [1.82, 2.24) is 0 Å². The molecule has 3 rings (SSSR count). The monoisotopic (exact) mass is 439 g/mol. The largest absolute Gasteiger partial charge is 0.410 e. The topological polar surface area (TPSA) is 32.6 Å². The molecule has 1 fully saturated rings. The maximum absolute atomic E-state index is 8.79. The number of oxime groups is 1. The standard InChI is InChI=1S/C26H30ClNOS/c1-19-3-5-20(6-4-19)7-9-22-11-12-23(18-26(2,30)17-22)10-8-21-13-15-24(16-14-21)25(27)28-29/h8,10-13,15,17-20,29-30H,3-6,14,16H2,1-2H3/b10-8+,28-25-. The Morgan fingerprint density at radius 1 is 1.17 bits per heavy atom. The molecule has 3 aliphatic rings. The Labute approximate surface area is 191 Å². The zero-order valence-electron chi connectivity index (χ0n) is 17.7. The van der Waals surface area contributed by atoms with E-state index in [2.05, 4.69) is 67.3 Å². The zero-order chi connectivity index (χ0) is 21.6. The molecule has 0 heterocycles. The number of hydrogen-bond acceptors (Lipinski definition) is 3. The van der Waals surface area contributed by atoms with Gasteiger partial charge in [0.05, 0.1) is 0 Å². The highest BCUT2D eigenvalue weighted by Gasteiger charge is 2.18. The van der Waals surface area contributed by atoms with Crippen LogP contribution in [0, 0.1) is 23.7 Å². The van der Waals surface area contributed by atoms with Gasteiger partial charge in [0.2, 0.25) is 0 Å². The summed E-state index contributed by atoms with van der Waals surface area (Å²) < 4.78 is -0.354. The maximum atomic E-state index is 8.79. The first kappa shape index (κ1) is 22.8. The second-order valence-corrected chi connectivity index (χ2v) is 10.0. The van der Waals surface area contributed by atoms with Crippen molar-refractivity contribution in [3.05, 3.63) is 70.9 Å². The number of thiol groups is 1. The molecule has 0 saturated heterocycles. The van der Waals surface area contributed by atoms with Crippen molar-refractivity contribution in [1.29, 1.82) is 0 Å². The molecule has 0 aromatic carbocycles. The van der Waals surface area contributed by atoms with Gasteiger partial charge in [-0.05, 0) is 80.2 Å². The molecule has 1 saturated carbocycles. The highest BCUT2D eigenvalue weighted by atomic mass is 35.5. The summed E-state index contributed by atoms with van der Waals surface area (Å²) in [6.45, 7) is 4.43. The predicted molar refractivity (Wildman–Crippen MR) is 131 cm³/mol. The first-order valence-electron chi connectivity index (χ1n) is 10.7. The first-order chi connectivity index (χ1) is 14.3. The summed E-state index contributed by atoms with van der Waals surface area (Å²) in [7, 11) is 0. The molecule has 1 atom stereocenters. The van der Waals surface area contributed by atoms with Gasteiger partial charge in [0, 0.05) is 16.2 Å². The van der Waals surface area contributed by atoms with Crippen LogP contribution < -0.4 is 0 Å². The van der Waals surface area contributed by atoms with Crippen LogP contribution in [-0.4, -0.2) is 15.1 Å². The Bertz CT molecular complexity index is 926. The molecule has 1 unspecified atom stereocenters. The van der Waals surface area contributed by atoms with E-state index in [0.29, 0.717) is 5.92 Å². The lowest BCUT2D eigenvalue weighted by Gasteiger charge is -2.22. The van der Waals surface area contributed by atoms with E-state index in [-0.39, 0.29) is 9.92 Å². The van der Waals surface area contributed by atoms with Gasteiger partial charge < -0.3 is 5.21 Å². The van der Waals surface area contributed by atoms with Crippen molar-refractivity contribution in [3.8, 4) is 11.8 Å². The molecule has 4 heteroatoms. The second kappa shape index (κ2) is 10.4. The van der Waals surface area contributed by atoms with Gasteiger partial charge in [-0.3, -0.25) is 0 Å². The molecular weight excluding hydrogens is 410 g/mol. The van der Waals surface area contributed by atoms with Crippen LogP contribution >= 0.6 is 24.2 Å². The molecule has 0 amide bonds. The van der Waals surface area contributed by atoms with Crippen LogP contribution in [0.1, 0.15) is 52.4 Å². The normalized spacial score (nSPS) is 29.9. The highest BCUT2D eigenvalue weighted by Crippen LogP contribution is 2.29. The molecule has 0 radical (unpaired) electrons. The van der Waals surface area contributed by atoms with E-state index < -0.39 is 0 Å². The van der Waals surface area contributed by atoms with Crippen molar-refractivity contribution in [3.63, 3.8) is 0 Å². The first-order valence-corrected chi connectivity index (χ1v) is 11.5. The van der Waals surface area contributed by atoms with Gasteiger partial charge in [0.15, 0.2) is 5.17 Å². The van der Waals surface area contributed by atoms with Gasteiger partial charge in [-0.25, -0.2) is 0 Å². The highest BCUT2D eigenvalue weighted by molar-refractivity contribution is 7.82. The number of allylic oxidation sites excluding steroid dienone is 10. The quantitative estimate of drug-likeness (QED) is 0.158. The molecule has 2 nitrogen and oxygen atoms in total. The zero-order valence-corrected chi connectivity index (χ0v) is 19.4. The van der Waals surface area contributed by atoms with Crippen LogP contribution in [0.25, 0.3) is 0 Å². The third-order valence-electron chi connectivity index (χ3n) is 5.82. The van der Waals surface area contributed by atoms with E-state index in [9.17, 15) is 0 Å². The Morgan fingerprint density at radius 2 is 1.93 bits per heavy atom. The fourth-order valence-electron chi connectivity index (χ4n) is 3.98. The Hall–Kier alpha value is -1.89. The molecule has 30 heavy (non-hydrogen) atoms. The molecule has 0 aliphatic heterocycles. The summed E-state index contributed by atoms with van der Waals surface area (Å²) in [6, 6.07) is 0. The minimum atomic E-state index is -0.354. The van der Waals surface area contributed by atoms with Gasteiger partial charge in [-0.2, -0.15) is 12.6 Å². The van der Waals surface area contributed by atoms with Crippen molar-refractivity contribution in [2.45, 2.75) is 57.1 Å². The van der Waals surface area contributed by atoms with Gasteiger partial charge >= 0.3 is 0 Å². The number of nitrogens with zero attached hydrogens (tertiary/aromatic N) is 1. The van der Waals surface area contributed by atoms with Crippen LogP contribution in [0.4, 0.5) is 0 Å². The minimum Gasteiger partial charge on any atom is -0.410 e. The molecule has 0 bridgehead atoms. The van der Waals surface area contributed by atoms with E-state index in [1.54, 1.807) is 0 Å². The van der Waals surface area contributed by atoms with Crippen molar-refractivity contribution in [2.24, 2.45) is 17.0 Å². The van der Waals surface area contributed by atoms with E-state index in [0.717, 1.165) is 35.5 Å². The minimum absolute atomic E-state index is 0.164. The van der Waals surface area contributed by atoms with E-state index in [1.165, 1.54) is 31.3 Å². The molecular formula is C26H30ClNOS. The molecule has 0 spiro atoms. The van der Waals surface area contributed by atoms with Crippen molar-refractivity contribution < 1.29 is 5.21 Å². The molecule has 158 valence electrons. The Kier molecular flexibility index (Phi) is 7.92. The van der Waals surface area contributed by atoms with E-state index >= 15 is 0 Å². The average molecular weight is 440 g/mol. The van der Waals surface area contributed by atoms with Crippen molar-refractivity contribution in [2.75, 3.05) is 0 Å². The van der Waals surface area contributed by atoms with E-state index in [4.69, 9.17) is 29.4 Å². The summed E-state index contributed by atoms with van der Waals surface area (Å²) in [5, 5.41) is 12.0. The van der Waals surface area contributed by atoms with Crippen molar-refractivity contribution >= 4 is 29.4 Å². The summed E-state index contributed by atoms with van der Waals surface area (Å²) in [5.41, 5.74) is 4.21. The summed E-state index contributed by atoms with van der Waals surface area (Å²) >= 11 is 10.7. The summed E-state index contributed by atoms with van der Waals surface area (Å²) in [6.07, 6.45) is 23.3. The smallest absolute Gasteiger partial charge is 0.171 e. The molecule has 0 aromatic rings. The van der Waals surface area contributed by atoms with Gasteiger partial charge in [0.1, 0.15) is 0 Å². The average Bonchev–Trinajstić information content (AvgIpc) is 2.89. The fourth-order valence-corrected chi connectivity index (χ4v) is 4.42. The van der Waals surface area contributed by atoms with Crippen LogP contribution in [-0.2, 0) is 0 Å². The van der Waals surface area contributed by atoms with Crippen LogP contribution in [0.15, 0.2) is 76.1 Å². The lowest BCUT2D eigenvalue weighted by atomic mass is 9.83. The van der Waals surface area contributed by atoms with Crippen LogP contribution in [0.2, 0.25) is 0 Å². The number of halogens is 1. The van der Waals surface area contributed by atoms with Crippen LogP contribution in [0.5, 0.6) is 0 Å². The third kappa shape index (κ3) is 6.83. The fraction of sp³-hybridized carbons (Fsp3) is 0.423. The third-order valence-corrected chi connectivity index (χ3v) is 6.40. The summed E-state index contributed by atoms with van der Waals surface area (Å²) in [5.74, 6) is 8.27. The second-order valence-electron chi connectivity index (χ2n) is 8.69. The lowest BCUT2D eigenvalue weighted by molar-refractivity contribution is 0.320. The van der Waals surface area contributed by atoms with Gasteiger partial charge in [0.25, 0.3) is 0 Å². The van der Waals surface area contributed by atoms with Crippen LogP contribution in [0.3, 0.4) is 0 Å². The Balaban J connectivity index is 1.68. The van der Waals surface area contributed by atoms with Gasteiger partial charge in [-0.15, -0.1) is 0 Å². The predicted octanol–water partition coefficient (Wildman–Crippen LogP) is 7.16. The Morgan fingerprint density at radius 3 is 2.60 bits per heavy atom. The molecule has 0 aromatic heterocycles. The number of hydrogen-bond donors (Lipinski definition) is 2. The summed E-state index contributed by atoms with van der Waals surface area (Å²) in [4.78, 5) is 0. The maximum Gasteiger partial charge on any atom is 0.171 e. The SMILES string of the molecule is CC1CCC(C#CC2=CC(C)(S)C=C(/C=C/C3=CC=C(/C(Cl)=N/O)CC3)C=C2)CC1.